The number of nitrogens with one attached hydrogen (secondary N) is 1. The van der Waals surface area contributed by atoms with Crippen LogP contribution in [0, 0.1) is 40.4 Å². The number of aliphatic hydroxyl groups is 1. The number of carbonyl (C=O) groups excluding carboxylic acids is 1. The SMILES string of the molecule is C/C(=N\OC(=O)N(CCNCC[N+](C)(C)C)C(C)C)[C@H]1CC[C@H]2[C@@H]3CC[C@@H]4C[C@@H](O)CC[C@]4(C)[C@H]3CC[C@]12C. The molecule has 0 aromatic carbocycles. The molecule has 4 aliphatic rings. The maximum absolute atomic E-state index is 13.0. The number of quaternary nitrogens is 1. The van der Waals surface area contributed by atoms with Crippen LogP contribution < -0.4 is 5.32 Å². The molecule has 0 aliphatic heterocycles. The van der Waals surface area contributed by atoms with Gasteiger partial charge in [-0.2, -0.15) is 0 Å². The molecule has 7 heteroatoms. The van der Waals surface area contributed by atoms with Gasteiger partial charge in [0.2, 0.25) is 0 Å². The van der Waals surface area contributed by atoms with Crippen LogP contribution in [0.1, 0.15) is 92.4 Å². The molecule has 0 radical (unpaired) electrons. The van der Waals surface area contributed by atoms with E-state index in [1.165, 1.54) is 38.5 Å². The van der Waals surface area contributed by atoms with E-state index in [0.717, 1.165) is 66.8 Å². The molecule has 0 aromatic rings. The third-order valence-corrected chi connectivity index (χ3v) is 11.8. The number of amides is 1. The fourth-order valence-electron chi connectivity index (χ4n) is 9.45. The Morgan fingerprint density at radius 1 is 1.03 bits per heavy atom. The highest BCUT2D eigenvalue weighted by molar-refractivity contribution is 5.85. The van der Waals surface area contributed by atoms with E-state index in [9.17, 15) is 9.90 Å². The maximum atomic E-state index is 13.0. The van der Waals surface area contributed by atoms with E-state index in [-0.39, 0.29) is 23.7 Å². The van der Waals surface area contributed by atoms with E-state index in [4.69, 9.17) is 4.84 Å². The van der Waals surface area contributed by atoms with Gasteiger partial charge in [0.15, 0.2) is 0 Å². The predicted octanol–water partition coefficient (Wildman–Crippen LogP) is 5.52. The first-order chi connectivity index (χ1) is 18.3. The molecule has 0 bridgehead atoms. The van der Waals surface area contributed by atoms with Crippen molar-refractivity contribution in [1.82, 2.24) is 10.2 Å². The van der Waals surface area contributed by atoms with Crippen molar-refractivity contribution in [1.29, 1.82) is 0 Å². The van der Waals surface area contributed by atoms with Gasteiger partial charge in [-0.25, -0.2) is 4.79 Å². The van der Waals surface area contributed by atoms with Crippen LogP contribution in [0.4, 0.5) is 4.79 Å². The number of carbonyl (C=O) groups is 1. The maximum Gasteiger partial charge on any atom is 0.436 e. The zero-order valence-electron chi connectivity index (χ0n) is 26.3. The lowest BCUT2D eigenvalue weighted by molar-refractivity contribution is -0.869. The van der Waals surface area contributed by atoms with Crippen LogP contribution in [0.3, 0.4) is 0 Å². The van der Waals surface area contributed by atoms with E-state index in [1.807, 2.05) is 13.8 Å². The summed E-state index contributed by atoms with van der Waals surface area (Å²) in [5, 5.41) is 18.3. The van der Waals surface area contributed by atoms with Crippen molar-refractivity contribution in [3.8, 4) is 0 Å². The molecule has 4 saturated carbocycles. The summed E-state index contributed by atoms with van der Waals surface area (Å²) in [6.45, 7) is 14.6. The quantitative estimate of drug-likeness (QED) is 0.131. The zero-order chi connectivity index (χ0) is 28.6. The summed E-state index contributed by atoms with van der Waals surface area (Å²) >= 11 is 0. The van der Waals surface area contributed by atoms with Crippen molar-refractivity contribution >= 4 is 11.8 Å². The molecular formula is C32H59N4O3+. The van der Waals surface area contributed by atoms with E-state index >= 15 is 0 Å². The lowest BCUT2D eigenvalue weighted by atomic mass is 9.44. The normalized spacial score (nSPS) is 38.7. The molecule has 39 heavy (non-hydrogen) atoms. The van der Waals surface area contributed by atoms with Gasteiger partial charge < -0.3 is 19.8 Å². The summed E-state index contributed by atoms with van der Waals surface area (Å²) in [5.74, 6) is 3.41. The Labute approximate surface area is 238 Å². The number of nitrogens with zero attached hydrogens (tertiary/aromatic N) is 3. The first-order valence-corrected chi connectivity index (χ1v) is 16.0. The molecule has 0 spiro atoms. The number of likely N-dealkylation sites (N-methyl/N-ethyl adjacent to an activating group) is 1. The van der Waals surface area contributed by atoms with Crippen LogP contribution >= 0.6 is 0 Å². The Bertz CT molecular complexity index is 885. The molecule has 0 aromatic heterocycles. The molecule has 7 nitrogen and oxygen atoms in total. The second-order valence-corrected chi connectivity index (χ2v) is 15.4. The number of rotatable bonds is 9. The van der Waals surface area contributed by atoms with E-state index in [2.05, 4.69) is 52.4 Å². The van der Waals surface area contributed by atoms with E-state index < -0.39 is 0 Å². The monoisotopic (exact) mass is 547 g/mol. The molecule has 0 heterocycles. The van der Waals surface area contributed by atoms with Crippen molar-refractivity contribution in [2.75, 3.05) is 47.3 Å². The molecule has 0 unspecified atom stereocenters. The van der Waals surface area contributed by atoms with Gasteiger partial charge in [0.05, 0.1) is 39.5 Å². The Morgan fingerprint density at radius 2 is 1.72 bits per heavy atom. The first kappa shape index (κ1) is 30.8. The topological polar surface area (TPSA) is 74.2 Å². The van der Waals surface area contributed by atoms with Crippen LogP contribution in [-0.2, 0) is 4.84 Å². The second kappa shape index (κ2) is 12.0. The first-order valence-electron chi connectivity index (χ1n) is 16.0. The Kier molecular flexibility index (Phi) is 9.45. The Morgan fingerprint density at radius 3 is 2.41 bits per heavy atom. The molecule has 4 aliphatic carbocycles. The summed E-state index contributed by atoms with van der Waals surface area (Å²) in [6, 6.07) is 0.0641. The van der Waals surface area contributed by atoms with Crippen molar-refractivity contribution in [3.63, 3.8) is 0 Å². The molecule has 4 fully saturated rings. The molecule has 2 N–H and O–H groups in total. The fraction of sp³-hybridized carbons (Fsp3) is 0.938. The van der Waals surface area contributed by atoms with Gasteiger partial charge in [-0.05, 0) is 113 Å². The third kappa shape index (κ3) is 6.51. The highest BCUT2D eigenvalue weighted by Gasteiger charge is 2.60. The Hall–Kier alpha value is -1.18. The lowest BCUT2D eigenvalue weighted by Crippen LogP contribution is -2.54. The van der Waals surface area contributed by atoms with Crippen LogP contribution in [0.25, 0.3) is 0 Å². The molecule has 4 rings (SSSR count). The van der Waals surface area contributed by atoms with Crippen LogP contribution in [0.2, 0.25) is 0 Å². The molecule has 8 atom stereocenters. The summed E-state index contributed by atoms with van der Waals surface area (Å²) in [7, 11) is 6.56. The van der Waals surface area contributed by atoms with Gasteiger partial charge in [-0.1, -0.05) is 19.0 Å². The Balaban J connectivity index is 1.35. The minimum absolute atomic E-state index is 0.0641. The van der Waals surface area contributed by atoms with Gasteiger partial charge in [-0.15, -0.1) is 0 Å². The van der Waals surface area contributed by atoms with E-state index in [1.54, 1.807) is 4.90 Å². The summed E-state index contributed by atoms with van der Waals surface area (Å²) in [5.41, 5.74) is 1.64. The molecule has 224 valence electrons. The van der Waals surface area contributed by atoms with Crippen molar-refractivity contribution in [3.05, 3.63) is 0 Å². The number of hydrogen-bond donors (Lipinski definition) is 2. The van der Waals surface area contributed by atoms with Crippen molar-refractivity contribution in [2.45, 2.75) is 105 Å². The number of hydrogen-bond acceptors (Lipinski definition) is 5. The highest BCUT2D eigenvalue weighted by Crippen LogP contribution is 2.67. The summed E-state index contributed by atoms with van der Waals surface area (Å²) in [4.78, 5) is 20.4. The number of fused-ring (bicyclic) bond motifs is 5. The summed E-state index contributed by atoms with van der Waals surface area (Å²) < 4.78 is 0.920. The second-order valence-electron chi connectivity index (χ2n) is 15.4. The third-order valence-electron chi connectivity index (χ3n) is 11.8. The van der Waals surface area contributed by atoms with Crippen molar-refractivity contribution < 1.29 is 19.2 Å². The highest BCUT2D eigenvalue weighted by atomic mass is 16.7. The molecular weight excluding hydrogens is 488 g/mol. The van der Waals surface area contributed by atoms with Crippen LogP contribution in [0.15, 0.2) is 5.16 Å². The zero-order valence-corrected chi connectivity index (χ0v) is 26.3. The van der Waals surface area contributed by atoms with Gasteiger partial charge >= 0.3 is 6.09 Å². The molecule has 1 amide bonds. The van der Waals surface area contributed by atoms with Gasteiger partial charge in [0, 0.05) is 31.6 Å². The average molecular weight is 548 g/mol. The number of aliphatic hydroxyl groups excluding tert-OH is 1. The lowest BCUT2D eigenvalue weighted by Gasteiger charge is -2.61. The van der Waals surface area contributed by atoms with Gasteiger partial charge in [-0.3, -0.25) is 4.84 Å². The average Bonchev–Trinajstić information content (AvgIpc) is 3.21. The van der Waals surface area contributed by atoms with Crippen LogP contribution in [-0.4, -0.2) is 85.8 Å². The number of oxime groups is 1. The predicted molar refractivity (Wildman–Crippen MR) is 158 cm³/mol. The minimum atomic E-state index is -0.341. The van der Waals surface area contributed by atoms with Gasteiger partial charge in [0.1, 0.15) is 0 Å². The van der Waals surface area contributed by atoms with Crippen molar-refractivity contribution in [2.24, 2.45) is 45.6 Å². The van der Waals surface area contributed by atoms with E-state index in [0.29, 0.717) is 23.8 Å². The van der Waals surface area contributed by atoms with Gasteiger partial charge in [0.25, 0.3) is 0 Å². The standard InChI is InChI=1S/C32H59N4O3/c1-22(2)35(19-17-33-18-20-36(6,7)8)30(38)39-34-23(3)27-11-12-28-26-10-9-24-21-25(37)13-15-31(24,4)29(26)14-16-32(27,28)5/h22,24-29,33,37H,9-21H2,1-8H3/q+1/b34-23+/t24-,25+,26+,27-,28+,29+,31+,32-/m1/s1. The largest absolute Gasteiger partial charge is 0.436 e. The smallest absolute Gasteiger partial charge is 0.393 e. The van der Waals surface area contributed by atoms with Crippen LogP contribution in [0.5, 0.6) is 0 Å². The summed E-state index contributed by atoms with van der Waals surface area (Å²) in [6.07, 6.45) is 10.3. The fourth-order valence-corrected chi connectivity index (χ4v) is 9.45. The molecule has 0 saturated heterocycles. The minimum Gasteiger partial charge on any atom is -0.393 e.